The molecular weight excluding hydrogens is 1830 g/mol. The van der Waals surface area contributed by atoms with Crippen molar-refractivity contribution < 1.29 is 105 Å². The number of unbranched alkanes of at least 4 members (excludes halogenated alkanes) is 2. The van der Waals surface area contributed by atoms with Crippen molar-refractivity contribution in [3.05, 3.63) is 151 Å². The van der Waals surface area contributed by atoms with Crippen LogP contribution in [0.1, 0.15) is 201 Å². The van der Waals surface area contributed by atoms with Gasteiger partial charge < -0.3 is 55.7 Å². The molecule has 4 saturated heterocycles. The van der Waals surface area contributed by atoms with Gasteiger partial charge in [0.15, 0.2) is 11.6 Å². The van der Waals surface area contributed by atoms with E-state index >= 15 is 0 Å². The summed E-state index contributed by atoms with van der Waals surface area (Å²) in [6.45, 7) is 10.5. The van der Waals surface area contributed by atoms with Crippen molar-refractivity contribution in [3.63, 3.8) is 0 Å². The number of hydrogen-bond donors (Lipinski definition) is 6. The Balaban J connectivity index is 0.545. The fraction of sp³-hybridized carbons (Fsp3) is 0.495. The number of ketones is 2. The summed E-state index contributed by atoms with van der Waals surface area (Å²) in [5, 5.41) is 23.4. The number of imide groups is 5. The number of hydroxylamine groups is 2. The summed E-state index contributed by atoms with van der Waals surface area (Å²) in [6, 6.07) is 22.4. The molecule has 7 aliphatic rings. The summed E-state index contributed by atoms with van der Waals surface area (Å²) in [6.07, 6.45) is 2.92. The van der Waals surface area contributed by atoms with Gasteiger partial charge in [-0.3, -0.25) is 96.7 Å². The first-order chi connectivity index (χ1) is 65.4. The minimum Gasteiger partial charge on any atom is -0.491 e. The van der Waals surface area contributed by atoms with E-state index in [2.05, 4.69) is 50.6 Å². The van der Waals surface area contributed by atoms with Gasteiger partial charge in [0.1, 0.15) is 47.7 Å². The van der Waals surface area contributed by atoms with Crippen molar-refractivity contribution in [2.45, 2.75) is 192 Å². The number of amides is 15. The Morgan fingerprint density at radius 1 is 0.699 bits per heavy atom. The van der Waals surface area contributed by atoms with Crippen LogP contribution < -0.4 is 37.1 Å². The van der Waals surface area contributed by atoms with Crippen LogP contribution >= 0.6 is 46.5 Å². The summed E-state index contributed by atoms with van der Waals surface area (Å²) in [4.78, 5) is 239. The molecule has 15 amide bonds. The number of nitrogens with two attached hydrogens (primary N) is 1. The van der Waals surface area contributed by atoms with Crippen molar-refractivity contribution in [2.75, 3.05) is 94.4 Å². The number of nitrogens with zero attached hydrogens (tertiary/aromatic N) is 9. The summed E-state index contributed by atoms with van der Waals surface area (Å²) in [5.74, 6) is -6.00. The minimum absolute atomic E-state index is 0.00265. The maximum Gasteiger partial charge on any atom is 0.410 e. The average Bonchev–Trinajstić information content (AvgIpc) is 1.61. The maximum absolute atomic E-state index is 14.2. The van der Waals surface area contributed by atoms with Crippen LogP contribution in [0.15, 0.2) is 96.0 Å². The molecule has 37 nitrogen and oxygen atoms in total. The normalized spacial score (nSPS) is 19.2. The van der Waals surface area contributed by atoms with Gasteiger partial charge in [-0.25, -0.2) is 14.4 Å². The fourth-order valence-electron chi connectivity index (χ4n) is 17.4. The van der Waals surface area contributed by atoms with Crippen LogP contribution in [0.2, 0.25) is 5.02 Å². The van der Waals surface area contributed by atoms with Gasteiger partial charge >= 0.3 is 18.1 Å². The third-order valence-corrected chi connectivity index (χ3v) is 29.0. The highest BCUT2D eigenvalue weighted by molar-refractivity contribution is 8.04. The minimum atomic E-state index is -1.15. The maximum atomic E-state index is 14.2. The molecule has 1 saturated carbocycles. The number of fused-ring (bicyclic) bond motifs is 4. The second-order valence-corrected chi connectivity index (χ2v) is 39.1. The largest absolute Gasteiger partial charge is 0.491 e. The van der Waals surface area contributed by atoms with Crippen molar-refractivity contribution in [3.8, 4) is 10.8 Å². The number of urea groups is 1. The molecule has 0 spiro atoms. The Kier molecular flexibility index (Phi) is 35.4. The Morgan fingerprint density at radius 2 is 1.38 bits per heavy atom. The number of aryl methyl sites for hydroxylation is 2. The lowest BCUT2D eigenvalue weighted by Gasteiger charge is -2.30. The molecule has 6 atom stereocenters. The second-order valence-electron chi connectivity index (χ2n) is 34.8. The van der Waals surface area contributed by atoms with E-state index in [0.29, 0.717) is 101 Å². The molecular formula is C95H112ClN15O22S3. The lowest BCUT2D eigenvalue weighted by atomic mass is 9.82. The molecule has 0 bridgehead atoms. The quantitative estimate of drug-likeness (QED) is 0.0153. The van der Waals surface area contributed by atoms with Crippen LogP contribution in [0.25, 0.3) is 5.00 Å². The predicted molar refractivity (Wildman–Crippen MR) is 502 cm³/mol. The summed E-state index contributed by atoms with van der Waals surface area (Å²) < 4.78 is 25.8. The highest BCUT2D eigenvalue weighted by Gasteiger charge is 2.48. The average molecular weight is 1950 g/mol. The van der Waals surface area contributed by atoms with Gasteiger partial charge in [-0.2, -0.15) is 0 Å². The summed E-state index contributed by atoms with van der Waals surface area (Å²) >= 11 is 10.6. The van der Waals surface area contributed by atoms with Gasteiger partial charge in [-0.15, -0.1) is 50.1 Å². The van der Waals surface area contributed by atoms with Gasteiger partial charge in [0.25, 0.3) is 23.6 Å². The van der Waals surface area contributed by atoms with E-state index in [9.17, 15) is 81.5 Å². The lowest BCUT2D eigenvalue weighted by molar-refractivity contribution is -0.201. The number of rotatable bonds is 48. The molecule has 6 aromatic rings. The van der Waals surface area contributed by atoms with Gasteiger partial charge in [0, 0.05) is 147 Å². The van der Waals surface area contributed by atoms with Crippen molar-refractivity contribution >= 4 is 164 Å². The zero-order valence-electron chi connectivity index (χ0n) is 76.4. The first-order valence-corrected chi connectivity index (χ1v) is 49.2. The number of benzene rings is 4. The number of anilines is 2. The summed E-state index contributed by atoms with van der Waals surface area (Å²) in [7, 11) is 0. The first kappa shape index (κ1) is 101. The molecule has 724 valence electrons. The number of ether oxygens (including phenoxy) is 4. The monoisotopic (exact) mass is 1950 g/mol. The highest BCUT2D eigenvalue weighted by atomic mass is 35.5. The highest BCUT2D eigenvalue weighted by Crippen LogP contribution is 2.42. The van der Waals surface area contributed by atoms with Crippen LogP contribution in [0.3, 0.4) is 0 Å². The fourth-order valence-corrected chi connectivity index (χ4v) is 21.1. The molecule has 8 heterocycles. The van der Waals surface area contributed by atoms with Crippen LogP contribution in [0.5, 0.6) is 5.75 Å². The number of nitrogens with one attached hydrogen (secondary N) is 5. The molecule has 6 aliphatic heterocycles. The number of primary amides is 1. The van der Waals surface area contributed by atoms with E-state index in [0.717, 1.165) is 42.7 Å². The van der Waals surface area contributed by atoms with Gasteiger partial charge in [-0.05, 0) is 156 Å². The van der Waals surface area contributed by atoms with Crippen molar-refractivity contribution in [2.24, 2.45) is 34.4 Å². The molecule has 41 heteroatoms. The van der Waals surface area contributed by atoms with E-state index in [1.54, 1.807) is 73.7 Å². The number of thiophene rings is 1. The Morgan fingerprint density at radius 3 is 2.06 bits per heavy atom. The first-order valence-electron chi connectivity index (χ1n) is 45.9. The van der Waals surface area contributed by atoms with Crippen LogP contribution in [0.4, 0.5) is 21.0 Å². The van der Waals surface area contributed by atoms with Crippen LogP contribution in [-0.4, -0.2) is 252 Å². The number of piperidine rings is 1. The molecule has 2 aromatic heterocycles. The number of carbonyl (C=O) groups excluding carboxylic acids is 17. The van der Waals surface area contributed by atoms with Crippen LogP contribution in [-0.2, 0) is 94.4 Å². The van der Waals surface area contributed by atoms with Gasteiger partial charge in [-0.1, -0.05) is 74.3 Å². The second kappa shape index (κ2) is 47.6. The van der Waals surface area contributed by atoms with Crippen LogP contribution in [0, 0.1) is 44.4 Å². The smallest absolute Gasteiger partial charge is 0.410 e. The van der Waals surface area contributed by atoms with Crippen molar-refractivity contribution in [1.29, 1.82) is 0 Å². The number of likely N-dealkylation sites (tertiary alicyclic amines) is 2. The molecule has 13 rings (SSSR count). The Bertz CT molecular complexity index is 5530. The number of halogens is 1. The number of carbonyl (C=O) groups is 17. The topological polar surface area (TPSA) is 482 Å². The van der Waals surface area contributed by atoms with E-state index < -0.39 is 112 Å². The molecule has 5 fully saturated rings. The Hall–Kier alpha value is -12.1. The Labute approximate surface area is 802 Å². The standard InChI is InChI=1S/C95H112ClN15O22S3/c1-54(2)83(102-75(114)14-7-6-8-37-107-79(118)50-73(89(107)123)134-45-46-135-74-51-80(119)108(90(74)124)52-59-15-21-62(22-16-59)93(126)133-111-77(116)33-34-78(111)117)72(113)48-63(11-10-35-99-94(97)127)86(120)100-65-27-17-60(18-28-65)53-132-95(128)106(38-41-129-40-36-98-69-13-9-12-68-82(69)91(125)110(88(68)122)71-31-32-76(115)103-87(71)121)39-42-130-43-44-131-67-29-19-58(20-30-67)47-66(112)49-70-85-105-104-57(5)109(85)92-81(55(3)56(4)136-92)84(101-70)61-23-25-64(96)26-24-61/h9,12-13,17-20,23-30,54,59,62-63,70-71,73-74,83,98H,6-8,10-11,14-16,21-22,31-53H2,1-5H3,(H,100,120)(H,102,114)(H3,97,99,127)(H,103,115,121)/t59?,62?,63-,70+,71?,73?,74?,83+/m1/s1. The van der Waals surface area contributed by atoms with E-state index in [4.69, 9.17) is 46.1 Å². The zero-order chi connectivity index (χ0) is 97.0. The number of thioether (sulfide) groups is 2. The molecule has 1 aliphatic carbocycles. The number of Topliss-reactive ketones (excluding diaryl/α,β-unsaturated/α-hetero) is 2. The zero-order valence-corrected chi connectivity index (χ0v) is 79.6. The van der Waals surface area contributed by atoms with E-state index in [1.165, 1.54) is 44.3 Å². The number of hydrogen-bond acceptors (Lipinski definition) is 29. The molecule has 3 unspecified atom stereocenters. The van der Waals surface area contributed by atoms with E-state index in [1.807, 2.05) is 47.9 Å². The SMILES string of the molecule is Cc1sc2c(c1C)C(c1ccc(Cl)cc1)=N[C@@H](CC(=O)Cc1ccc(OCCOCCN(CCOCCNc3cccc4c3C(=O)N(C3CCC(=O)NC3=O)C4=O)C(=O)OCc3ccc(NC(=O)[C@H](CCCNC(N)=O)CC(=O)[C@@H](NC(=O)CCCCCN4C(=O)CC(SCCSC5CC(=O)N(CC6CCC(C(=O)ON7C(=O)CCC7=O)CC6)C5=O)C4=O)C(C)C)cc3)cc1)c1nnc(C)n1-2. The third-order valence-electron chi connectivity index (χ3n) is 24.9. The molecule has 4 aromatic carbocycles. The van der Waals surface area contributed by atoms with Crippen molar-refractivity contribution in [1.82, 2.24) is 55.4 Å². The summed E-state index contributed by atoms with van der Waals surface area (Å²) in [5.41, 5.74) is 11.2. The molecule has 0 radical (unpaired) electrons. The van der Waals surface area contributed by atoms with Gasteiger partial charge in [0.05, 0.1) is 65.7 Å². The number of aliphatic imine (C=N–C) groups is 1. The molecule has 136 heavy (non-hydrogen) atoms. The van der Waals surface area contributed by atoms with Gasteiger partial charge in [0.2, 0.25) is 47.3 Å². The third kappa shape index (κ3) is 26.0. The molecule has 7 N–H and O–H groups in total. The lowest BCUT2D eigenvalue weighted by Crippen LogP contribution is -2.54. The number of aromatic nitrogens is 3. The predicted octanol–water partition coefficient (Wildman–Crippen LogP) is 9.36. The van der Waals surface area contributed by atoms with E-state index in [-0.39, 0.29) is 208 Å².